The zero-order valence-corrected chi connectivity index (χ0v) is 12.6. The van der Waals surface area contributed by atoms with Gasteiger partial charge in [-0.25, -0.2) is 4.79 Å². The molecule has 3 N–H and O–H groups in total. The van der Waals surface area contributed by atoms with Gasteiger partial charge >= 0.3 is 6.03 Å². The van der Waals surface area contributed by atoms with Crippen molar-refractivity contribution in [3.63, 3.8) is 0 Å². The molecule has 0 aromatic heterocycles. The average Bonchev–Trinajstić information content (AvgIpc) is 2.51. The van der Waals surface area contributed by atoms with Crippen molar-refractivity contribution in [1.82, 2.24) is 0 Å². The van der Waals surface area contributed by atoms with Crippen LogP contribution in [0.1, 0.15) is 18.1 Å². The smallest absolute Gasteiger partial charge is 0.323 e. The van der Waals surface area contributed by atoms with Gasteiger partial charge in [0, 0.05) is 10.7 Å². The number of aryl methyl sites for hydroxylation is 1. The number of carbonyl (C=O) groups excluding carboxylic acids is 1. The summed E-state index contributed by atoms with van der Waals surface area (Å²) in [6.07, 6.45) is 0.685. The third-order valence-corrected chi connectivity index (χ3v) is 3.42. The normalized spacial score (nSPS) is 9.86. The van der Waals surface area contributed by atoms with Gasteiger partial charge in [-0.3, -0.25) is 0 Å². The Bertz CT molecular complexity index is 736. The third kappa shape index (κ3) is 3.68. The lowest BCUT2D eigenvalue weighted by Crippen LogP contribution is -2.19. The highest BCUT2D eigenvalue weighted by Crippen LogP contribution is 2.30. The van der Waals surface area contributed by atoms with Gasteiger partial charge in [0.05, 0.1) is 17.3 Å². The molecule has 2 rings (SSSR count). The summed E-state index contributed by atoms with van der Waals surface area (Å²) < 4.78 is 0. The van der Waals surface area contributed by atoms with E-state index in [9.17, 15) is 9.90 Å². The first kappa shape index (κ1) is 15.7. The van der Waals surface area contributed by atoms with Crippen LogP contribution in [0.3, 0.4) is 0 Å². The van der Waals surface area contributed by atoms with Gasteiger partial charge in [-0.1, -0.05) is 18.5 Å². The fraction of sp³-hybridized carbons (Fsp3) is 0.125. The maximum absolute atomic E-state index is 11.9. The van der Waals surface area contributed by atoms with E-state index in [1.165, 1.54) is 12.1 Å². The van der Waals surface area contributed by atoms with E-state index in [1.807, 2.05) is 13.0 Å². The van der Waals surface area contributed by atoms with Gasteiger partial charge in [0.15, 0.2) is 0 Å². The Labute approximate surface area is 133 Å². The molecule has 0 radical (unpaired) electrons. The Morgan fingerprint density at radius 1 is 1.27 bits per heavy atom. The monoisotopic (exact) mass is 315 g/mol. The fourth-order valence-electron chi connectivity index (χ4n) is 1.89. The van der Waals surface area contributed by atoms with Gasteiger partial charge in [0.1, 0.15) is 5.75 Å². The van der Waals surface area contributed by atoms with E-state index in [0.717, 1.165) is 5.56 Å². The zero-order valence-electron chi connectivity index (χ0n) is 11.9. The van der Waals surface area contributed by atoms with Crippen molar-refractivity contribution in [3.8, 4) is 11.8 Å². The minimum absolute atomic E-state index is 0.0452. The van der Waals surface area contributed by atoms with Gasteiger partial charge in [-0.05, 0) is 48.4 Å². The first-order valence-corrected chi connectivity index (χ1v) is 7.01. The molecule has 0 atom stereocenters. The highest BCUT2D eigenvalue weighted by atomic mass is 35.5. The van der Waals surface area contributed by atoms with Crippen LogP contribution in [-0.4, -0.2) is 11.1 Å². The van der Waals surface area contributed by atoms with Crippen LogP contribution in [0.25, 0.3) is 0 Å². The van der Waals surface area contributed by atoms with Gasteiger partial charge in [0.2, 0.25) is 0 Å². The molecule has 2 aromatic carbocycles. The van der Waals surface area contributed by atoms with Crippen LogP contribution in [0.4, 0.5) is 16.2 Å². The second-order valence-corrected chi connectivity index (χ2v) is 4.99. The number of hydrogen-bond donors (Lipinski definition) is 3. The van der Waals surface area contributed by atoms with Gasteiger partial charge in [-0.2, -0.15) is 5.26 Å². The average molecular weight is 316 g/mol. The number of halogens is 1. The number of phenols is 1. The number of nitrogens with zero attached hydrogens (tertiary/aromatic N) is 1. The molecular formula is C16H14ClN3O2. The third-order valence-electron chi connectivity index (χ3n) is 3.07. The van der Waals surface area contributed by atoms with Crippen LogP contribution in [0.5, 0.6) is 5.75 Å². The number of hydrogen-bond acceptors (Lipinski definition) is 3. The van der Waals surface area contributed by atoms with Crippen molar-refractivity contribution >= 4 is 29.0 Å². The lowest BCUT2D eigenvalue weighted by Gasteiger charge is -2.11. The Kier molecular flexibility index (Phi) is 4.87. The Morgan fingerprint density at radius 2 is 1.95 bits per heavy atom. The lowest BCUT2D eigenvalue weighted by molar-refractivity contribution is 0.262. The molecule has 0 aliphatic rings. The van der Waals surface area contributed by atoms with E-state index in [2.05, 4.69) is 10.6 Å². The van der Waals surface area contributed by atoms with E-state index in [0.29, 0.717) is 22.7 Å². The maximum atomic E-state index is 11.9. The Hall–Kier alpha value is -2.71. The van der Waals surface area contributed by atoms with Gasteiger partial charge in [0.25, 0.3) is 0 Å². The molecule has 0 heterocycles. The van der Waals surface area contributed by atoms with E-state index in [4.69, 9.17) is 16.9 Å². The first-order chi connectivity index (χ1) is 10.5. The van der Waals surface area contributed by atoms with E-state index < -0.39 is 6.03 Å². The number of nitrogens with one attached hydrogen (secondary N) is 2. The van der Waals surface area contributed by atoms with E-state index >= 15 is 0 Å². The minimum Gasteiger partial charge on any atom is -0.506 e. The molecule has 0 aliphatic carbocycles. The highest BCUT2D eigenvalue weighted by molar-refractivity contribution is 6.31. The largest absolute Gasteiger partial charge is 0.506 e. The zero-order chi connectivity index (χ0) is 16.1. The quantitative estimate of drug-likeness (QED) is 0.745. The van der Waals surface area contributed by atoms with Crippen LogP contribution in [0, 0.1) is 11.3 Å². The highest BCUT2D eigenvalue weighted by Gasteiger charge is 2.10. The summed E-state index contributed by atoms with van der Waals surface area (Å²) in [5.74, 6) is -0.0452. The van der Waals surface area contributed by atoms with Crippen LogP contribution in [0.15, 0.2) is 36.4 Å². The Morgan fingerprint density at radius 3 is 2.55 bits per heavy atom. The van der Waals surface area contributed by atoms with Gasteiger partial charge < -0.3 is 15.7 Å². The maximum Gasteiger partial charge on any atom is 0.323 e. The summed E-state index contributed by atoms with van der Waals surface area (Å²) in [4.78, 5) is 11.9. The molecule has 112 valence electrons. The number of anilines is 2. The topological polar surface area (TPSA) is 85.2 Å². The summed E-state index contributed by atoms with van der Waals surface area (Å²) in [7, 11) is 0. The molecule has 0 saturated carbocycles. The van der Waals surface area contributed by atoms with Crippen LogP contribution in [0.2, 0.25) is 5.02 Å². The molecule has 22 heavy (non-hydrogen) atoms. The summed E-state index contributed by atoms with van der Waals surface area (Å²) >= 11 is 6.07. The molecule has 0 bridgehead atoms. The molecule has 0 unspecified atom stereocenters. The standard InChI is InChI=1S/C16H14ClN3O2/c1-2-11-7-15(21)14(8-13(11)17)20-16(22)19-12-5-3-10(9-18)4-6-12/h3-8,21H,2H2,1H3,(H2,19,20,22). The number of benzene rings is 2. The lowest BCUT2D eigenvalue weighted by atomic mass is 10.1. The van der Waals surface area contributed by atoms with E-state index in [1.54, 1.807) is 24.3 Å². The summed E-state index contributed by atoms with van der Waals surface area (Å²) in [5.41, 5.74) is 2.07. The summed E-state index contributed by atoms with van der Waals surface area (Å²) in [6.45, 7) is 1.92. The van der Waals surface area contributed by atoms with Crippen molar-refractivity contribution in [2.75, 3.05) is 10.6 Å². The molecule has 6 heteroatoms. The number of urea groups is 1. The molecule has 0 aliphatic heterocycles. The van der Waals surface area contributed by atoms with Crippen molar-refractivity contribution in [2.45, 2.75) is 13.3 Å². The predicted molar refractivity (Wildman–Crippen MR) is 86.3 cm³/mol. The minimum atomic E-state index is -0.514. The van der Waals surface area contributed by atoms with Crippen molar-refractivity contribution < 1.29 is 9.90 Å². The van der Waals surface area contributed by atoms with Crippen LogP contribution < -0.4 is 10.6 Å². The number of phenolic OH excluding ortho intramolecular Hbond substituents is 1. The predicted octanol–water partition coefficient (Wildman–Crippen LogP) is 4.12. The fourth-order valence-corrected chi connectivity index (χ4v) is 2.19. The molecule has 0 saturated heterocycles. The second kappa shape index (κ2) is 6.83. The SMILES string of the molecule is CCc1cc(O)c(NC(=O)Nc2ccc(C#N)cc2)cc1Cl. The van der Waals surface area contributed by atoms with Crippen LogP contribution >= 0.6 is 11.6 Å². The molecule has 0 fully saturated rings. The van der Waals surface area contributed by atoms with Crippen molar-refractivity contribution in [3.05, 3.63) is 52.5 Å². The molecule has 5 nitrogen and oxygen atoms in total. The number of carbonyl (C=O) groups is 1. The number of amides is 2. The first-order valence-electron chi connectivity index (χ1n) is 6.63. The Balaban J connectivity index is 2.08. The number of aromatic hydroxyl groups is 1. The summed E-state index contributed by atoms with van der Waals surface area (Å²) in [6, 6.07) is 10.9. The number of rotatable bonds is 3. The molecule has 0 spiro atoms. The van der Waals surface area contributed by atoms with Gasteiger partial charge in [-0.15, -0.1) is 0 Å². The second-order valence-electron chi connectivity index (χ2n) is 4.58. The van der Waals surface area contributed by atoms with E-state index in [-0.39, 0.29) is 11.4 Å². The van der Waals surface area contributed by atoms with Crippen LogP contribution in [-0.2, 0) is 6.42 Å². The molecule has 2 amide bonds. The summed E-state index contributed by atoms with van der Waals surface area (Å²) in [5, 5.41) is 24.2. The molecular weight excluding hydrogens is 302 g/mol. The van der Waals surface area contributed by atoms with Crippen molar-refractivity contribution in [2.24, 2.45) is 0 Å². The van der Waals surface area contributed by atoms with Crippen molar-refractivity contribution in [1.29, 1.82) is 5.26 Å². The number of nitriles is 1. The molecule has 2 aromatic rings.